The molecule has 1 unspecified atom stereocenters. The first kappa shape index (κ1) is 17.0. The molecule has 2 fully saturated rings. The molecule has 1 atom stereocenters. The predicted molar refractivity (Wildman–Crippen MR) is 93.7 cm³/mol. The van der Waals surface area contributed by atoms with E-state index < -0.39 is 5.60 Å². The number of cyclic esters (lactones) is 1. The zero-order valence-electron chi connectivity index (χ0n) is 14.7. The minimum absolute atomic E-state index is 0.00289. The van der Waals surface area contributed by atoms with Crippen molar-refractivity contribution in [1.82, 2.24) is 0 Å². The molecule has 2 heterocycles. The lowest BCUT2D eigenvalue weighted by Gasteiger charge is -2.40. The van der Waals surface area contributed by atoms with Crippen LogP contribution in [-0.2, 0) is 14.3 Å². The highest BCUT2D eigenvalue weighted by Gasteiger charge is 2.47. The first-order valence-electron chi connectivity index (χ1n) is 9.27. The molecule has 26 heavy (non-hydrogen) atoms. The molecule has 4 rings (SSSR count). The van der Waals surface area contributed by atoms with Crippen molar-refractivity contribution < 1.29 is 23.8 Å². The van der Waals surface area contributed by atoms with Gasteiger partial charge in [-0.2, -0.15) is 0 Å². The molecule has 0 bridgehead atoms. The topological polar surface area (TPSA) is 61.8 Å². The van der Waals surface area contributed by atoms with Crippen molar-refractivity contribution in [2.75, 3.05) is 6.79 Å². The van der Waals surface area contributed by atoms with Gasteiger partial charge in [0.1, 0.15) is 17.8 Å². The monoisotopic (exact) mass is 354 g/mol. The molecule has 0 spiro atoms. The van der Waals surface area contributed by atoms with Crippen LogP contribution in [0.15, 0.2) is 18.2 Å². The molecule has 1 aromatic carbocycles. The highest BCUT2D eigenvalue weighted by atomic mass is 16.7. The predicted octanol–water partition coefficient (Wildman–Crippen LogP) is 3.38. The fourth-order valence-corrected chi connectivity index (χ4v) is 4.29. The lowest BCUT2D eigenvalue weighted by atomic mass is 9.76. The molecule has 0 amide bonds. The van der Waals surface area contributed by atoms with Crippen LogP contribution in [0.25, 0.3) is 0 Å². The number of benzene rings is 1. The van der Waals surface area contributed by atoms with Crippen LogP contribution in [0.1, 0.15) is 56.9 Å². The van der Waals surface area contributed by atoms with Gasteiger partial charge in [-0.1, -0.05) is 24.7 Å². The Labute approximate surface area is 153 Å². The third-order valence-electron chi connectivity index (χ3n) is 5.53. The largest absolute Gasteiger partial charge is 0.458 e. The fourth-order valence-electron chi connectivity index (χ4n) is 4.29. The number of esters is 1. The first-order valence-corrected chi connectivity index (χ1v) is 9.27. The zero-order valence-corrected chi connectivity index (χ0v) is 14.7. The molecule has 2 aliphatic heterocycles. The lowest BCUT2D eigenvalue weighted by Crippen LogP contribution is -2.47. The molecule has 0 N–H and O–H groups in total. The number of ketones is 1. The summed E-state index contributed by atoms with van der Waals surface area (Å²) in [6, 6.07) is 5.62. The van der Waals surface area contributed by atoms with Gasteiger partial charge in [-0.3, -0.25) is 9.59 Å². The highest BCUT2D eigenvalue weighted by Crippen LogP contribution is 2.43. The maximum Gasteiger partial charge on any atom is 0.313 e. The van der Waals surface area contributed by atoms with Gasteiger partial charge in [-0.05, 0) is 43.4 Å². The molecule has 0 radical (unpaired) electrons. The van der Waals surface area contributed by atoms with Crippen molar-refractivity contribution in [3.8, 4) is 23.3 Å². The Bertz CT molecular complexity index is 763. The molecule has 1 aliphatic carbocycles. The van der Waals surface area contributed by atoms with Gasteiger partial charge in [0.05, 0.1) is 0 Å². The van der Waals surface area contributed by atoms with E-state index in [1.54, 1.807) is 0 Å². The van der Waals surface area contributed by atoms with E-state index in [9.17, 15) is 9.59 Å². The average molecular weight is 354 g/mol. The second kappa shape index (κ2) is 7.03. The smallest absolute Gasteiger partial charge is 0.313 e. The summed E-state index contributed by atoms with van der Waals surface area (Å²) in [5.41, 5.74) is 0.216. The van der Waals surface area contributed by atoms with Gasteiger partial charge in [-0.15, -0.1) is 0 Å². The van der Waals surface area contributed by atoms with Crippen molar-refractivity contribution in [3.63, 3.8) is 0 Å². The van der Waals surface area contributed by atoms with E-state index >= 15 is 0 Å². The number of ether oxygens (including phenoxy) is 3. The van der Waals surface area contributed by atoms with Crippen LogP contribution in [0, 0.1) is 17.8 Å². The number of hydrogen-bond acceptors (Lipinski definition) is 5. The molecule has 1 aromatic rings. The van der Waals surface area contributed by atoms with Gasteiger partial charge >= 0.3 is 5.97 Å². The Hall–Kier alpha value is -2.48. The minimum atomic E-state index is -0.646. The van der Waals surface area contributed by atoms with E-state index in [1.165, 1.54) is 0 Å². The van der Waals surface area contributed by atoms with Crippen LogP contribution in [0.3, 0.4) is 0 Å². The van der Waals surface area contributed by atoms with E-state index in [4.69, 9.17) is 14.2 Å². The van der Waals surface area contributed by atoms with Crippen LogP contribution in [-0.4, -0.2) is 24.1 Å². The summed E-state index contributed by atoms with van der Waals surface area (Å²) in [5, 5.41) is 0. The second-order valence-corrected chi connectivity index (χ2v) is 7.28. The van der Waals surface area contributed by atoms with E-state index in [2.05, 4.69) is 11.8 Å². The third-order valence-corrected chi connectivity index (χ3v) is 5.53. The number of carbonyl (C=O) groups is 2. The summed E-state index contributed by atoms with van der Waals surface area (Å²) in [4.78, 5) is 23.9. The van der Waals surface area contributed by atoms with Gasteiger partial charge in [0.25, 0.3) is 0 Å². The van der Waals surface area contributed by atoms with Crippen molar-refractivity contribution in [2.24, 2.45) is 5.92 Å². The number of Topliss-reactive ketones (excluding diaryl/α,β-unsaturated/α-hetero) is 1. The van der Waals surface area contributed by atoms with Crippen LogP contribution in [0.5, 0.6) is 11.5 Å². The second-order valence-electron chi connectivity index (χ2n) is 7.28. The van der Waals surface area contributed by atoms with E-state index in [1.807, 2.05) is 18.2 Å². The normalized spacial score (nSPS) is 24.9. The van der Waals surface area contributed by atoms with Crippen molar-refractivity contribution >= 4 is 11.8 Å². The van der Waals surface area contributed by atoms with Gasteiger partial charge in [0, 0.05) is 18.4 Å². The Morgan fingerprint density at radius 3 is 2.73 bits per heavy atom. The fraction of sp³-hybridized carbons (Fsp3) is 0.524. The van der Waals surface area contributed by atoms with Gasteiger partial charge < -0.3 is 14.2 Å². The summed E-state index contributed by atoms with van der Waals surface area (Å²) >= 11 is 0. The molecule has 0 aromatic heterocycles. The first-order chi connectivity index (χ1) is 12.6. The van der Waals surface area contributed by atoms with Crippen molar-refractivity contribution in [1.29, 1.82) is 0 Å². The van der Waals surface area contributed by atoms with Crippen LogP contribution in [0.2, 0.25) is 0 Å². The summed E-state index contributed by atoms with van der Waals surface area (Å²) < 4.78 is 16.4. The van der Waals surface area contributed by atoms with Gasteiger partial charge in [0.15, 0.2) is 11.5 Å². The highest BCUT2D eigenvalue weighted by molar-refractivity contribution is 5.98. The van der Waals surface area contributed by atoms with E-state index in [-0.39, 0.29) is 30.9 Å². The Balaban J connectivity index is 1.45. The van der Waals surface area contributed by atoms with Crippen molar-refractivity contribution in [3.05, 3.63) is 23.8 Å². The molecular weight excluding hydrogens is 332 g/mol. The zero-order chi connectivity index (χ0) is 18.0. The van der Waals surface area contributed by atoms with Gasteiger partial charge in [-0.25, -0.2) is 0 Å². The molecule has 136 valence electrons. The Kier molecular flexibility index (Phi) is 4.58. The maximum atomic E-state index is 12.0. The van der Waals surface area contributed by atoms with Gasteiger partial charge in [0.2, 0.25) is 6.79 Å². The minimum Gasteiger partial charge on any atom is -0.458 e. The summed E-state index contributed by atoms with van der Waals surface area (Å²) in [6.45, 7) is 0.246. The average Bonchev–Trinajstić information content (AvgIpc) is 3.29. The number of rotatable bonds is 3. The van der Waals surface area contributed by atoms with Crippen molar-refractivity contribution in [2.45, 2.75) is 57.0 Å². The van der Waals surface area contributed by atoms with E-state index in [0.29, 0.717) is 25.0 Å². The molecule has 1 saturated heterocycles. The quantitative estimate of drug-likeness (QED) is 0.473. The molecule has 5 nitrogen and oxygen atoms in total. The third kappa shape index (κ3) is 3.41. The molecule has 3 aliphatic rings. The summed E-state index contributed by atoms with van der Waals surface area (Å²) in [6.07, 6.45) is 5.79. The van der Waals surface area contributed by atoms with Crippen LogP contribution < -0.4 is 9.47 Å². The standard InChI is InChI=1S/C21H22O5/c22-17-12-20(23)26-21(13-17,16-6-1-2-7-16)10-4-3-5-15-8-9-18-19(11-15)25-14-24-18/h8-9,11,16H,1-2,4,6-7,10,12-14H2. The molecular formula is C21H22O5. The Morgan fingerprint density at radius 1 is 1.12 bits per heavy atom. The van der Waals surface area contributed by atoms with Crippen LogP contribution in [0.4, 0.5) is 0 Å². The SMILES string of the molecule is O=C1CC(=O)OC(CCC#Cc2ccc3c(c2)OCO3)(C2CCCC2)C1. The number of hydrogen-bond donors (Lipinski definition) is 0. The number of fused-ring (bicyclic) bond motifs is 1. The van der Waals surface area contributed by atoms with E-state index in [0.717, 1.165) is 37.0 Å². The number of carbonyl (C=O) groups excluding carboxylic acids is 2. The maximum absolute atomic E-state index is 12.0. The summed E-state index contributed by atoms with van der Waals surface area (Å²) in [7, 11) is 0. The lowest BCUT2D eigenvalue weighted by molar-refractivity contribution is -0.178. The summed E-state index contributed by atoms with van der Waals surface area (Å²) in [5.74, 6) is 7.66. The van der Waals surface area contributed by atoms with Crippen LogP contribution >= 0.6 is 0 Å². The Morgan fingerprint density at radius 2 is 1.92 bits per heavy atom. The molecule has 1 saturated carbocycles. The molecule has 5 heteroatoms.